The second-order valence-electron chi connectivity index (χ2n) is 19.6. The normalized spacial score (nSPS) is 18.8. The molecule has 0 fully saturated rings. The van der Waals surface area contributed by atoms with E-state index in [9.17, 15) is 9.59 Å². The lowest BCUT2D eigenvalue weighted by Gasteiger charge is -2.37. The molecule has 1 atom stereocenters. The van der Waals surface area contributed by atoms with Gasteiger partial charge in [-0.05, 0) is 165 Å². The fourth-order valence-electron chi connectivity index (χ4n) is 10.9. The number of nitrogens with two attached hydrogens (primary N) is 1. The van der Waals surface area contributed by atoms with Crippen molar-refractivity contribution in [3.63, 3.8) is 0 Å². The minimum Gasteiger partial charge on any atom is -0.497 e. The molecule has 9 nitrogen and oxygen atoms in total. The summed E-state index contributed by atoms with van der Waals surface area (Å²) in [6, 6.07) is 29.4. The van der Waals surface area contributed by atoms with Gasteiger partial charge in [0.15, 0.2) is 5.71 Å². The van der Waals surface area contributed by atoms with Crippen LogP contribution in [0.3, 0.4) is 0 Å². The summed E-state index contributed by atoms with van der Waals surface area (Å²) in [5.74, 6) is 1.24. The smallest absolute Gasteiger partial charge is 0.311 e. The number of hydrogen-bond donors (Lipinski definition) is 2. The molecule has 3 N–H and O–H groups in total. The number of fused-ring (bicyclic) bond motifs is 6. The summed E-state index contributed by atoms with van der Waals surface area (Å²) in [6.45, 7) is 20.1. The molecule has 3 aliphatic rings. The van der Waals surface area contributed by atoms with Crippen LogP contribution in [-0.2, 0) is 20.4 Å². The Hall–Kier alpha value is -6.10. The fraction of sp³-hybridized carbons (Fsp3) is 0.362. The molecular weight excluding hydrogens is 865 g/mol. The quantitative estimate of drug-likeness (QED) is 0.0838. The molecule has 8 rings (SSSR count). The lowest BCUT2D eigenvalue weighted by Crippen LogP contribution is -2.36. The van der Waals surface area contributed by atoms with E-state index < -0.39 is 5.41 Å². The first-order valence-corrected chi connectivity index (χ1v) is 24.7. The molecule has 1 amide bonds. The Labute approximate surface area is 406 Å². The molecule has 0 bridgehead atoms. The lowest BCUT2D eigenvalue weighted by molar-refractivity contribution is -0.433. The van der Waals surface area contributed by atoms with Crippen molar-refractivity contribution in [2.24, 2.45) is 17.1 Å². The van der Waals surface area contributed by atoms with Gasteiger partial charge in [-0.25, -0.2) is 0 Å². The number of thioether (sulfide) groups is 1. The maximum Gasteiger partial charge on any atom is 0.311 e. The van der Waals surface area contributed by atoms with Crippen LogP contribution >= 0.6 is 11.8 Å². The topological polar surface area (TPSA) is 106 Å². The van der Waals surface area contributed by atoms with Crippen molar-refractivity contribution in [2.75, 3.05) is 52.4 Å². The van der Waals surface area contributed by atoms with Gasteiger partial charge in [-0.15, -0.1) is 0 Å². The van der Waals surface area contributed by atoms with Crippen molar-refractivity contribution >= 4 is 62.3 Å². The molecule has 0 saturated carbocycles. The summed E-state index contributed by atoms with van der Waals surface area (Å²) in [6.07, 6.45) is 10.6. The van der Waals surface area contributed by atoms with E-state index >= 15 is 0 Å². The largest absolute Gasteiger partial charge is 0.497 e. The second-order valence-corrected chi connectivity index (χ2v) is 20.7. The number of amides is 1. The molecule has 354 valence electrons. The monoisotopic (exact) mass is 931 g/mol. The molecular formula is C58H67N4O5S+. The number of nitrogens with zero attached hydrogens (tertiary/aromatic N) is 2. The molecule has 0 radical (unpaired) electrons. The Morgan fingerprint density at radius 2 is 1.47 bits per heavy atom. The van der Waals surface area contributed by atoms with Gasteiger partial charge >= 0.3 is 5.97 Å². The van der Waals surface area contributed by atoms with Crippen LogP contribution in [0.5, 0.6) is 11.5 Å². The highest BCUT2D eigenvalue weighted by Crippen LogP contribution is 2.53. The van der Waals surface area contributed by atoms with Gasteiger partial charge in [0.2, 0.25) is 5.69 Å². The van der Waals surface area contributed by atoms with Crippen LogP contribution in [0, 0.1) is 11.3 Å². The maximum absolute atomic E-state index is 13.7. The Balaban J connectivity index is 1.30. The van der Waals surface area contributed by atoms with Gasteiger partial charge in [-0.3, -0.25) is 9.59 Å². The Morgan fingerprint density at radius 3 is 2.07 bits per heavy atom. The Bertz CT molecular complexity index is 2970. The van der Waals surface area contributed by atoms with Gasteiger partial charge in [0.1, 0.15) is 18.0 Å². The molecule has 0 saturated heterocycles. The molecule has 5 aromatic rings. The van der Waals surface area contributed by atoms with Gasteiger partial charge in [0.05, 0.1) is 32.2 Å². The molecule has 5 aromatic carbocycles. The highest BCUT2D eigenvalue weighted by atomic mass is 32.2. The van der Waals surface area contributed by atoms with Gasteiger partial charge < -0.3 is 30.2 Å². The van der Waals surface area contributed by atoms with Gasteiger partial charge in [-0.1, -0.05) is 56.0 Å². The van der Waals surface area contributed by atoms with E-state index in [-0.39, 0.29) is 28.6 Å². The van der Waals surface area contributed by atoms with E-state index in [1.807, 2.05) is 38.1 Å². The molecule has 2 aliphatic heterocycles. The molecule has 68 heavy (non-hydrogen) atoms. The van der Waals surface area contributed by atoms with Crippen molar-refractivity contribution in [1.29, 1.82) is 0 Å². The number of esters is 1. The van der Waals surface area contributed by atoms with E-state index in [0.717, 1.165) is 56.3 Å². The lowest BCUT2D eigenvalue weighted by atomic mass is 9.69. The highest BCUT2D eigenvalue weighted by molar-refractivity contribution is 8.03. The van der Waals surface area contributed by atoms with Crippen LogP contribution < -0.4 is 25.4 Å². The van der Waals surface area contributed by atoms with Crippen molar-refractivity contribution in [2.45, 2.75) is 84.0 Å². The average Bonchev–Trinajstić information content (AvgIpc) is 3.71. The predicted octanol–water partition coefficient (Wildman–Crippen LogP) is 11.9. The van der Waals surface area contributed by atoms with E-state index in [1.54, 1.807) is 26.0 Å². The summed E-state index contributed by atoms with van der Waals surface area (Å²) < 4.78 is 19.2. The van der Waals surface area contributed by atoms with E-state index in [1.165, 1.54) is 51.8 Å². The third-order valence-electron chi connectivity index (χ3n) is 14.6. The molecule has 10 heteroatoms. The van der Waals surface area contributed by atoms with Crippen LogP contribution in [-0.4, -0.2) is 69.7 Å². The Kier molecular flexibility index (Phi) is 13.6. The second kappa shape index (κ2) is 19.1. The minimum absolute atomic E-state index is 0.0628. The number of anilines is 1. The van der Waals surface area contributed by atoms with E-state index in [4.69, 9.17) is 19.9 Å². The Morgan fingerprint density at radius 1 is 0.824 bits per heavy atom. The predicted molar refractivity (Wildman–Crippen MR) is 280 cm³/mol. The number of benzene rings is 5. The van der Waals surface area contributed by atoms with Crippen molar-refractivity contribution < 1.29 is 28.4 Å². The number of nitrogens with one attached hydrogen (secondary N) is 1. The van der Waals surface area contributed by atoms with Gasteiger partial charge in [-0.2, -0.15) is 4.58 Å². The minimum atomic E-state index is -0.779. The average molecular weight is 932 g/mol. The zero-order chi connectivity index (χ0) is 48.7. The van der Waals surface area contributed by atoms with Gasteiger partial charge in [0.25, 0.3) is 5.91 Å². The maximum atomic E-state index is 13.7. The van der Waals surface area contributed by atoms with Gasteiger partial charge in [0, 0.05) is 69.5 Å². The SMILES string of the molecule is CCN1C(=CC=C2CC(C(C)(C)C(=O)OC)CC(C=CC3=[N+](CC)c4ccc5cc(OC)ccc5c4C3(C)C)=C2Sc2ccc(C(=O)NCCN)cc2)C(C)(C)c2c1ccc1cc(OC)ccc21. The van der Waals surface area contributed by atoms with Crippen molar-refractivity contribution in [3.05, 3.63) is 148 Å². The summed E-state index contributed by atoms with van der Waals surface area (Å²) >= 11 is 1.71. The van der Waals surface area contributed by atoms with Crippen molar-refractivity contribution in [1.82, 2.24) is 5.32 Å². The number of carbonyl (C=O) groups is 2. The standard InChI is InChI=1S/C58H66N4O5S/c1-12-61-47-26-16-37-34-42(65-9)20-24-45(37)51(47)57(5,6)49(61)28-18-39-32-41(56(3,4)55(64)67-11)33-40(53(39)68-44-22-14-36(15-23-44)54(63)60-31-30-59)19-29-50-58(7,8)52-46-25-21-43(66-10)35-38(46)17-27-48(52)62(50)13-2/h14-29,34-35,41H,12-13,30-33,59H2,1-11H3/p+1. The number of allylic oxidation sites excluding steroid dienone is 7. The molecule has 0 aromatic heterocycles. The first-order chi connectivity index (χ1) is 32.5. The third-order valence-corrected chi connectivity index (χ3v) is 15.9. The third kappa shape index (κ3) is 8.55. The number of hydrogen-bond acceptors (Lipinski definition) is 8. The molecule has 0 spiro atoms. The fourth-order valence-corrected chi connectivity index (χ4v) is 11.9. The summed E-state index contributed by atoms with van der Waals surface area (Å²) in [5.41, 5.74) is 14.6. The number of carbonyl (C=O) groups excluding carboxylic acids is 2. The molecule has 1 unspecified atom stereocenters. The van der Waals surface area contributed by atoms with Crippen LogP contribution in [0.2, 0.25) is 0 Å². The molecule has 2 heterocycles. The molecule has 1 aliphatic carbocycles. The number of likely N-dealkylation sites (N-methyl/N-ethyl adjacent to an activating group) is 1. The van der Waals surface area contributed by atoms with Crippen LogP contribution in [0.1, 0.15) is 89.7 Å². The zero-order valence-corrected chi connectivity index (χ0v) is 42.5. The first kappa shape index (κ1) is 48.4. The summed E-state index contributed by atoms with van der Waals surface area (Å²) in [5, 5.41) is 7.62. The number of methoxy groups -OCH3 is 3. The van der Waals surface area contributed by atoms with Crippen LogP contribution in [0.25, 0.3) is 21.5 Å². The number of rotatable bonds is 14. The van der Waals surface area contributed by atoms with Crippen LogP contribution in [0.4, 0.5) is 11.4 Å². The highest BCUT2D eigenvalue weighted by Gasteiger charge is 2.46. The number of ether oxygens (including phenoxy) is 3. The summed E-state index contributed by atoms with van der Waals surface area (Å²) in [7, 11) is 4.91. The van der Waals surface area contributed by atoms with Crippen molar-refractivity contribution in [3.8, 4) is 11.5 Å². The van der Waals surface area contributed by atoms with Crippen LogP contribution in [0.15, 0.2) is 136 Å². The first-order valence-electron chi connectivity index (χ1n) is 23.9. The zero-order valence-electron chi connectivity index (χ0n) is 41.6. The van der Waals surface area contributed by atoms with E-state index in [2.05, 4.69) is 141 Å². The summed E-state index contributed by atoms with van der Waals surface area (Å²) in [4.78, 5) is 31.3. The van der Waals surface area contributed by atoms with E-state index in [0.29, 0.717) is 31.5 Å².